The van der Waals surface area contributed by atoms with Gasteiger partial charge in [0.25, 0.3) is 0 Å². The topological polar surface area (TPSA) is 21.1 Å². The van der Waals surface area contributed by atoms with E-state index in [1.165, 1.54) is 0 Å². The Hall–Kier alpha value is -1.16. The fourth-order valence-electron chi connectivity index (χ4n) is 1.94. The van der Waals surface area contributed by atoms with Gasteiger partial charge in [-0.05, 0) is 19.4 Å². The molecule has 0 saturated carbocycles. The summed E-state index contributed by atoms with van der Waals surface area (Å²) >= 11 is 0. The Morgan fingerprint density at radius 2 is 2.33 bits per heavy atom. The standard InChI is InChI=1S/C11H16FN3/c1-9-6-11(14(2)13-9)8-15-5-3-4-10(12)7-15/h4,6H,3,5,7-8H2,1-2H3. The molecule has 0 radical (unpaired) electrons. The first-order valence-corrected chi connectivity index (χ1v) is 5.21. The van der Waals surface area contributed by atoms with E-state index in [2.05, 4.69) is 16.1 Å². The van der Waals surface area contributed by atoms with E-state index in [0.29, 0.717) is 6.54 Å². The fraction of sp³-hybridized carbons (Fsp3) is 0.545. The summed E-state index contributed by atoms with van der Waals surface area (Å²) < 4.78 is 14.9. The predicted octanol–water partition coefficient (Wildman–Crippen LogP) is 1.79. The molecule has 82 valence electrons. The first-order valence-electron chi connectivity index (χ1n) is 5.21. The largest absolute Gasteiger partial charge is 0.291 e. The lowest BCUT2D eigenvalue weighted by Gasteiger charge is -2.23. The van der Waals surface area contributed by atoms with Crippen molar-refractivity contribution in [2.24, 2.45) is 7.05 Å². The van der Waals surface area contributed by atoms with Crippen molar-refractivity contribution in [2.45, 2.75) is 19.9 Å². The van der Waals surface area contributed by atoms with Crippen LogP contribution in [0.3, 0.4) is 0 Å². The normalized spacial score (nSPS) is 17.9. The van der Waals surface area contributed by atoms with Crippen LogP contribution in [0.25, 0.3) is 0 Å². The Balaban J connectivity index is 2.03. The number of hydrogen-bond donors (Lipinski definition) is 0. The molecule has 0 fully saturated rings. The van der Waals surface area contributed by atoms with Crippen LogP contribution < -0.4 is 0 Å². The average molecular weight is 209 g/mol. The van der Waals surface area contributed by atoms with Gasteiger partial charge in [-0.1, -0.05) is 6.08 Å². The minimum atomic E-state index is -0.0138. The van der Waals surface area contributed by atoms with Crippen LogP contribution in [0.5, 0.6) is 0 Å². The summed E-state index contributed by atoms with van der Waals surface area (Å²) in [6.07, 6.45) is 2.48. The van der Waals surface area contributed by atoms with E-state index in [-0.39, 0.29) is 5.83 Å². The smallest absolute Gasteiger partial charge is 0.110 e. The van der Waals surface area contributed by atoms with Crippen LogP contribution in [0, 0.1) is 6.92 Å². The molecule has 1 aromatic rings. The summed E-state index contributed by atoms with van der Waals surface area (Å²) in [4.78, 5) is 2.10. The maximum Gasteiger partial charge on any atom is 0.110 e. The molecule has 0 bridgehead atoms. The molecule has 0 spiro atoms. The van der Waals surface area contributed by atoms with Crippen LogP contribution >= 0.6 is 0 Å². The van der Waals surface area contributed by atoms with Crippen molar-refractivity contribution in [1.29, 1.82) is 0 Å². The molecule has 0 saturated heterocycles. The molecule has 4 heteroatoms. The van der Waals surface area contributed by atoms with Gasteiger partial charge >= 0.3 is 0 Å². The second kappa shape index (κ2) is 4.14. The van der Waals surface area contributed by atoms with E-state index in [1.807, 2.05) is 18.7 Å². The van der Waals surface area contributed by atoms with Gasteiger partial charge in [-0.25, -0.2) is 4.39 Å². The third-order valence-electron chi connectivity index (χ3n) is 2.67. The predicted molar refractivity (Wildman–Crippen MR) is 57.0 cm³/mol. The third-order valence-corrected chi connectivity index (χ3v) is 2.67. The maximum atomic E-state index is 13.0. The Labute approximate surface area is 89.2 Å². The highest BCUT2D eigenvalue weighted by Gasteiger charge is 2.14. The molecule has 0 aliphatic carbocycles. The maximum absolute atomic E-state index is 13.0. The van der Waals surface area contributed by atoms with Gasteiger partial charge in [0.05, 0.1) is 17.9 Å². The highest BCUT2D eigenvalue weighted by molar-refractivity contribution is 5.09. The van der Waals surface area contributed by atoms with Gasteiger partial charge in [-0.3, -0.25) is 9.58 Å². The van der Waals surface area contributed by atoms with E-state index in [0.717, 1.165) is 30.9 Å². The van der Waals surface area contributed by atoms with Crippen LogP contribution in [-0.4, -0.2) is 27.8 Å². The molecule has 0 aromatic carbocycles. The van der Waals surface area contributed by atoms with Crippen molar-refractivity contribution in [1.82, 2.24) is 14.7 Å². The Morgan fingerprint density at radius 3 is 2.93 bits per heavy atom. The lowest BCUT2D eigenvalue weighted by atomic mass is 10.2. The molecule has 0 atom stereocenters. The molecule has 1 aliphatic heterocycles. The van der Waals surface area contributed by atoms with E-state index in [9.17, 15) is 4.39 Å². The van der Waals surface area contributed by atoms with Crippen LogP contribution in [-0.2, 0) is 13.6 Å². The SMILES string of the molecule is Cc1cc(CN2CCC=C(F)C2)n(C)n1. The van der Waals surface area contributed by atoms with Crippen LogP contribution in [0.2, 0.25) is 0 Å². The van der Waals surface area contributed by atoms with Gasteiger partial charge in [0.15, 0.2) is 0 Å². The molecule has 0 unspecified atom stereocenters. The van der Waals surface area contributed by atoms with Crippen molar-refractivity contribution < 1.29 is 4.39 Å². The van der Waals surface area contributed by atoms with Crippen molar-refractivity contribution in [3.8, 4) is 0 Å². The molecule has 0 amide bonds. The molecule has 2 heterocycles. The Bertz CT molecular complexity index is 381. The summed E-state index contributed by atoms with van der Waals surface area (Å²) in [5.41, 5.74) is 2.16. The molecule has 2 rings (SSSR count). The van der Waals surface area contributed by atoms with E-state index >= 15 is 0 Å². The lowest BCUT2D eigenvalue weighted by molar-refractivity contribution is 0.253. The van der Waals surface area contributed by atoms with E-state index in [4.69, 9.17) is 0 Å². The zero-order valence-corrected chi connectivity index (χ0v) is 9.20. The Morgan fingerprint density at radius 1 is 1.53 bits per heavy atom. The van der Waals surface area contributed by atoms with Crippen LogP contribution in [0.15, 0.2) is 18.0 Å². The zero-order chi connectivity index (χ0) is 10.8. The molecule has 1 aliphatic rings. The van der Waals surface area contributed by atoms with Gasteiger partial charge in [-0.15, -0.1) is 0 Å². The van der Waals surface area contributed by atoms with Crippen molar-refractivity contribution in [2.75, 3.05) is 13.1 Å². The quantitative estimate of drug-likeness (QED) is 0.740. The van der Waals surface area contributed by atoms with Crippen LogP contribution in [0.4, 0.5) is 4.39 Å². The summed E-state index contributed by atoms with van der Waals surface area (Å²) in [6, 6.07) is 2.05. The zero-order valence-electron chi connectivity index (χ0n) is 9.20. The average Bonchev–Trinajstić information content (AvgIpc) is 2.45. The summed E-state index contributed by atoms with van der Waals surface area (Å²) in [6.45, 7) is 4.11. The van der Waals surface area contributed by atoms with E-state index < -0.39 is 0 Å². The molecule has 15 heavy (non-hydrogen) atoms. The third kappa shape index (κ3) is 2.45. The highest BCUT2D eigenvalue weighted by atomic mass is 19.1. The minimum Gasteiger partial charge on any atom is -0.291 e. The number of nitrogens with zero attached hydrogens (tertiary/aromatic N) is 3. The Kier molecular flexibility index (Phi) is 2.86. The summed E-state index contributed by atoms with van der Waals surface area (Å²) in [5.74, 6) is -0.0138. The molecule has 3 nitrogen and oxygen atoms in total. The lowest BCUT2D eigenvalue weighted by Crippen LogP contribution is -2.29. The van der Waals surface area contributed by atoms with Gasteiger partial charge < -0.3 is 0 Å². The van der Waals surface area contributed by atoms with Gasteiger partial charge in [0.1, 0.15) is 5.83 Å². The number of halogens is 1. The number of rotatable bonds is 2. The highest BCUT2D eigenvalue weighted by Crippen LogP contribution is 2.14. The van der Waals surface area contributed by atoms with Crippen molar-refractivity contribution in [3.63, 3.8) is 0 Å². The molecule has 1 aromatic heterocycles. The van der Waals surface area contributed by atoms with Crippen LogP contribution in [0.1, 0.15) is 17.8 Å². The van der Waals surface area contributed by atoms with Crippen molar-refractivity contribution >= 4 is 0 Å². The van der Waals surface area contributed by atoms with Gasteiger partial charge in [0.2, 0.25) is 0 Å². The molecule has 0 N–H and O–H groups in total. The summed E-state index contributed by atoms with van der Waals surface area (Å²) in [7, 11) is 1.93. The molecular weight excluding hydrogens is 193 g/mol. The molecular formula is C11H16FN3. The first-order chi connectivity index (χ1) is 7.15. The second-order valence-electron chi connectivity index (χ2n) is 4.05. The number of aromatic nitrogens is 2. The minimum absolute atomic E-state index is 0.0138. The second-order valence-corrected chi connectivity index (χ2v) is 4.05. The van der Waals surface area contributed by atoms with E-state index in [1.54, 1.807) is 6.08 Å². The van der Waals surface area contributed by atoms with Crippen molar-refractivity contribution in [3.05, 3.63) is 29.4 Å². The fourth-order valence-corrected chi connectivity index (χ4v) is 1.94. The van der Waals surface area contributed by atoms with Gasteiger partial charge in [-0.2, -0.15) is 5.10 Å². The monoisotopic (exact) mass is 209 g/mol. The summed E-state index contributed by atoms with van der Waals surface area (Å²) in [5, 5.41) is 4.28. The number of hydrogen-bond acceptors (Lipinski definition) is 2. The van der Waals surface area contributed by atoms with Gasteiger partial charge in [0, 0.05) is 20.1 Å². The number of aryl methyl sites for hydroxylation is 2. The first kappa shape index (κ1) is 10.4.